The van der Waals surface area contributed by atoms with Gasteiger partial charge in [0.1, 0.15) is 12.0 Å². The molecule has 0 aliphatic heterocycles. The molecule has 0 saturated heterocycles. The number of hydrogen-bond donors (Lipinski definition) is 1. The Kier molecular flexibility index (Phi) is 3.65. The molecule has 2 heterocycles. The van der Waals surface area contributed by atoms with E-state index in [2.05, 4.69) is 19.9 Å². The van der Waals surface area contributed by atoms with Crippen LogP contribution in [0.1, 0.15) is 23.0 Å². The van der Waals surface area contributed by atoms with E-state index in [1.165, 1.54) is 19.6 Å². The number of aromatic nitrogens is 4. The van der Waals surface area contributed by atoms with E-state index in [4.69, 9.17) is 9.84 Å². The summed E-state index contributed by atoms with van der Waals surface area (Å²) in [5.74, 6) is -0.292. The maximum atomic E-state index is 11.0. The highest BCUT2D eigenvalue weighted by Gasteiger charge is 2.14. The van der Waals surface area contributed by atoms with Gasteiger partial charge in [-0.3, -0.25) is 0 Å². The summed E-state index contributed by atoms with van der Waals surface area (Å²) in [6.07, 6.45) is 3.13. The number of methoxy groups -OCH3 is 1. The molecule has 0 spiro atoms. The highest BCUT2D eigenvalue weighted by atomic mass is 16.5. The molecule has 0 saturated carbocycles. The highest BCUT2D eigenvalue weighted by Crippen LogP contribution is 2.17. The first-order valence-electron chi connectivity index (χ1n) is 5.61. The molecule has 19 heavy (non-hydrogen) atoms. The number of aryl methyl sites for hydroxylation is 1. The maximum Gasteiger partial charge on any atom is 0.339 e. The predicted molar refractivity (Wildman–Crippen MR) is 65.9 cm³/mol. The van der Waals surface area contributed by atoms with Crippen LogP contribution in [0, 0.1) is 0 Å². The first-order valence-corrected chi connectivity index (χ1v) is 5.61. The molecule has 2 rings (SSSR count). The van der Waals surface area contributed by atoms with Crippen molar-refractivity contribution in [1.29, 1.82) is 0 Å². The van der Waals surface area contributed by atoms with Crippen LogP contribution in [-0.2, 0) is 6.42 Å². The number of ether oxygens (including phenoxy) is 1. The van der Waals surface area contributed by atoms with Gasteiger partial charge >= 0.3 is 5.97 Å². The number of hydrogen-bond acceptors (Lipinski definition) is 6. The van der Waals surface area contributed by atoms with Crippen LogP contribution in [0.5, 0.6) is 5.88 Å². The number of aromatic carboxylic acids is 1. The van der Waals surface area contributed by atoms with Crippen LogP contribution in [0.4, 0.5) is 0 Å². The second kappa shape index (κ2) is 5.38. The molecule has 7 nitrogen and oxygen atoms in total. The van der Waals surface area contributed by atoms with Gasteiger partial charge in [0.05, 0.1) is 18.4 Å². The molecule has 2 aromatic rings. The standard InChI is InChI=1S/C12H12N4O3/c1-3-8-7(12(17)18)5-13-11(16-8)9-4-10(19-2)15-6-14-9/h4-6H,3H2,1-2H3,(H,17,18). The molecule has 0 unspecified atom stereocenters. The molecule has 0 aliphatic carbocycles. The Bertz CT molecular complexity index is 616. The molecule has 0 bridgehead atoms. The van der Waals surface area contributed by atoms with Crippen molar-refractivity contribution < 1.29 is 14.6 Å². The lowest BCUT2D eigenvalue weighted by Gasteiger charge is -2.05. The van der Waals surface area contributed by atoms with Crippen LogP contribution < -0.4 is 4.74 Å². The van der Waals surface area contributed by atoms with Gasteiger partial charge in [-0.25, -0.2) is 24.7 Å². The van der Waals surface area contributed by atoms with Crippen LogP contribution in [0.15, 0.2) is 18.6 Å². The minimum atomic E-state index is -1.04. The molecule has 0 atom stereocenters. The van der Waals surface area contributed by atoms with E-state index in [9.17, 15) is 4.79 Å². The summed E-state index contributed by atoms with van der Waals surface area (Å²) in [6, 6.07) is 1.59. The normalized spacial score (nSPS) is 10.2. The Morgan fingerprint density at radius 2 is 2.16 bits per heavy atom. The average Bonchev–Trinajstić information content (AvgIpc) is 2.46. The summed E-state index contributed by atoms with van der Waals surface area (Å²) < 4.78 is 4.99. The van der Waals surface area contributed by atoms with Gasteiger partial charge in [0.15, 0.2) is 5.82 Å². The Morgan fingerprint density at radius 1 is 1.37 bits per heavy atom. The van der Waals surface area contributed by atoms with Gasteiger partial charge in [0, 0.05) is 12.3 Å². The van der Waals surface area contributed by atoms with E-state index in [0.29, 0.717) is 29.5 Å². The number of carbonyl (C=O) groups is 1. The zero-order valence-electron chi connectivity index (χ0n) is 10.5. The summed E-state index contributed by atoms with van der Waals surface area (Å²) in [5, 5.41) is 9.01. The van der Waals surface area contributed by atoms with Crippen molar-refractivity contribution in [2.45, 2.75) is 13.3 Å². The van der Waals surface area contributed by atoms with Gasteiger partial charge in [0.25, 0.3) is 0 Å². The maximum absolute atomic E-state index is 11.0. The minimum Gasteiger partial charge on any atom is -0.481 e. The summed E-state index contributed by atoms with van der Waals surface area (Å²) in [5.41, 5.74) is 1.06. The van der Waals surface area contributed by atoms with Crippen LogP contribution in [0.25, 0.3) is 11.5 Å². The van der Waals surface area contributed by atoms with Crippen molar-refractivity contribution in [3.8, 4) is 17.4 Å². The van der Waals surface area contributed by atoms with Crippen LogP contribution >= 0.6 is 0 Å². The lowest BCUT2D eigenvalue weighted by Crippen LogP contribution is -2.07. The van der Waals surface area contributed by atoms with Crippen molar-refractivity contribution >= 4 is 5.97 Å². The van der Waals surface area contributed by atoms with Gasteiger partial charge in [-0.2, -0.15) is 0 Å². The Labute approximate surface area is 109 Å². The van der Waals surface area contributed by atoms with Crippen molar-refractivity contribution in [3.05, 3.63) is 29.8 Å². The smallest absolute Gasteiger partial charge is 0.339 e. The van der Waals surface area contributed by atoms with Gasteiger partial charge in [0.2, 0.25) is 5.88 Å². The Hall–Kier alpha value is -2.57. The molecule has 98 valence electrons. The Balaban J connectivity index is 2.48. The molecular weight excluding hydrogens is 248 g/mol. The largest absolute Gasteiger partial charge is 0.481 e. The van der Waals surface area contributed by atoms with Crippen molar-refractivity contribution in [2.24, 2.45) is 0 Å². The van der Waals surface area contributed by atoms with E-state index in [0.717, 1.165) is 0 Å². The molecule has 0 fully saturated rings. The predicted octanol–water partition coefficient (Wildman–Crippen LogP) is 1.20. The average molecular weight is 260 g/mol. The lowest BCUT2D eigenvalue weighted by molar-refractivity contribution is 0.0694. The fourth-order valence-electron chi connectivity index (χ4n) is 1.56. The van der Waals surface area contributed by atoms with E-state index >= 15 is 0 Å². The van der Waals surface area contributed by atoms with Crippen molar-refractivity contribution in [1.82, 2.24) is 19.9 Å². The molecule has 7 heteroatoms. The van der Waals surface area contributed by atoms with Crippen LogP contribution in [0.3, 0.4) is 0 Å². The first-order chi connectivity index (χ1) is 9.15. The fourth-order valence-corrected chi connectivity index (χ4v) is 1.56. The number of nitrogens with zero attached hydrogens (tertiary/aromatic N) is 4. The van der Waals surface area contributed by atoms with Crippen molar-refractivity contribution in [3.63, 3.8) is 0 Å². The fraction of sp³-hybridized carbons (Fsp3) is 0.250. The molecule has 0 aromatic carbocycles. The zero-order valence-corrected chi connectivity index (χ0v) is 10.5. The second-order valence-corrected chi connectivity index (χ2v) is 3.66. The van der Waals surface area contributed by atoms with Crippen LogP contribution in [-0.4, -0.2) is 38.1 Å². The monoisotopic (exact) mass is 260 g/mol. The van der Waals surface area contributed by atoms with E-state index < -0.39 is 5.97 Å². The van der Waals surface area contributed by atoms with Gasteiger partial charge in [-0.05, 0) is 6.42 Å². The van der Waals surface area contributed by atoms with E-state index in [1.54, 1.807) is 6.07 Å². The summed E-state index contributed by atoms with van der Waals surface area (Å²) in [6.45, 7) is 1.83. The third kappa shape index (κ3) is 2.65. The van der Waals surface area contributed by atoms with E-state index in [-0.39, 0.29) is 5.56 Å². The van der Waals surface area contributed by atoms with Gasteiger partial charge in [-0.15, -0.1) is 0 Å². The molecule has 2 aromatic heterocycles. The highest BCUT2D eigenvalue weighted by molar-refractivity contribution is 5.88. The molecule has 0 aliphatic rings. The SMILES string of the molecule is CCc1nc(-c2cc(OC)ncn2)ncc1C(=O)O. The lowest BCUT2D eigenvalue weighted by atomic mass is 10.2. The third-order valence-corrected chi connectivity index (χ3v) is 2.51. The van der Waals surface area contributed by atoms with E-state index in [1.807, 2.05) is 6.92 Å². The quantitative estimate of drug-likeness (QED) is 0.881. The number of carboxylic acids is 1. The zero-order chi connectivity index (χ0) is 13.8. The first kappa shape index (κ1) is 12.9. The van der Waals surface area contributed by atoms with Gasteiger partial charge < -0.3 is 9.84 Å². The topological polar surface area (TPSA) is 98.1 Å². The Morgan fingerprint density at radius 3 is 2.79 bits per heavy atom. The van der Waals surface area contributed by atoms with Gasteiger partial charge in [-0.1, -0.05) is 6.92 Å². The number of carboxylic acid groups (broad SMARTS) is 1. The molecule has 0 amide bonds. The summed E-state index contributed by atoms with van der Waals surface area (Å²) >= 11 is 0. The minimum absolute atomic E-state index is 0.104. The molecular formula is C12H12N4O3. The molecule has 0 radical (unpaired) electrons. The summed E-state index contributed by atoms with van der Waals surface area (Å²) in [4.78, 5) is 27.2. The summed E-state index contributed by atoms with van der Waals surface area (Å²) in [7, 11) is 1.50. The third-order valence-electron chi connectivity index (χ3n) is 2.51. The van der Waals surface area contributed by atoms with Crippen LogP contribution in [0.2, 0.25) is 0 Å². The van der Waals surface area contributed by atoms with Crippen molar-refractivity contribution in [2.75, 3.05) is 7.11 Å². The number of rotatable bonds is 4. The second-order valence-electron chi connectivity index (χ2n) is 3.66. The molecule has 1 N–H and O–H groups in total.